The molecule has 68 valence electrons. The van der Waals surface area contributed by atoms with E-state index in [0.717, 1.165) is 23.1 Å². The normalized spacial score (nSPS) is 10.2. The van der Waals surface area contributed by atoms with Gasteiger partial charge in [-0.15, -0.1) is 0 Å². The molecule has 0 aromatic carbocycles. The van der Waals surface area contributed by atoms with Crippen molar-refractivity contribution < 1.29 is 5.11 Å². The van der Waals surface area contributed by atoms with Gasteiger partial charge in [-0.25, -0.2) is 4.98 Å². The van der Waals surface area contributed by atoms with Gasteiger partial charge >= 0.3 is 0 Å². The highest BCUT2D eigenvalue weighted by Gasteiger charge is 2.06. The molecule has 0 atom stereocenters. The molecule has 0 aliphatic rings. The van der Waals surface area contributed by atoms with Crippen molar-refractivity contribution in [3.8, 4) is 0 Å². The third kappa shape index (κ3) is 1.95. The lowest BCUT2D eigenvalue weighted by molar-refractivity contribution is 0.285. The molecule has 0 saturated carbocycles. The topological polar surface area (TPSA) is 36.4 Å². The lowest BCUT2D eigenvalue weighted by Crippen LogP contribution is -2.21. The van der Waals surface area contributed by atoms with Crippen molar-refractivity contribution in [2.24, 2.45) is 0 Å². The van der Waals surface area contributed by atoms with Gasteiger partial charge in [-0.2, -0.15) is 0 Å². The average Bonchev–Trinajstić information content (AvgIpc) is 2.55. The molecular weight excluding hydrogens is 172 g/mol. The van der Waals surface area contributed by atoms with E-state index in [1.165, 1.54) is 0 Å². The van der Waals surface area contributed by atoms with Gasteiger partial charge in [0.2, 0.25) is 0 Å². The van der Waals surface area contributed by atoms with Gasteiger partial charge in [0.05, 0.1) is 11.5 Å². The lowest BCUT2D eigenvalue weighted by Gasteiger charge is -2.16. The number of aromatic nitrogens is 1. The molecule has 0 aliphatic carbocycles. The zero-order valence-corrected chi connectivity index (χ0v) is 8.27. The molecule has 4 heteroatoms. The largest absolute Gasteiger partial charge is 0.391 e. The summed E-state index contributed by atoms with van der Waals surface area (Å²) in [5.41, 5.74) is 0. The van der Waals surface area contributed by atoms with Gasteiger partial charge in [-0.05, 0) is 13.8 Å². The van der Waals surface area contributed by atoms with Crippen LogP contribution in [-0.2, 0) is 6.61 Å². The number of aliphatic hydroxyl groups is 1. The van der Waals surface area contributed by atoms with Gasteiger partial charge in [0.25, 0.3) is 0 Å². The van der Waals surface area contributed by atoms with Crippen molar-refractivity contribution in [3.05, 3.63) is 11.1 Å². The van der Waals surface area contributed by atoms with Crippen molar-refractivity contribution in [1.82, 2.24) is 4.98 Å². The summed E-state index contributed by atoms with van der Waals surface area (Å²) in [6.45, 7) is 6.23. The van der Waals surface area contributed by atoms with Crippen molar-refractivity contribution in [2.45, 2.75) is 20.5 Å². The highest BCUT2D eigenvalue weighted by molar-refractivity contribution is 7.15. The van der Waals surface area contributed by atoms with Crippen molar-refractivity contribution in [3.63, 3.8) is 0 Å². The van der Waals surface area contributed by atoms with Crippen LogP contribution in [0.25, 0.3) is 0 Å². The molecule has 0 spiro atoms. The molecular formula is C8H14N2OS. The SMILES string of the molecule is CCN(CC)c1ncc(CO)s1. The summed E-state index contributed by atoms with van der Waals surface area (Å²) in [6.07, 6.45) is 1.73. The monoisotopic (exact) mass is 186 g/mol. The fourth-order valence-electron chi connectivity index (χ4n) is 1.01. The summed E-state index contributed by atoms with van der Waals surface area (Å²) in [4.78, 5) is 7.31. The van der Waals surface area contributed by atoms with E-state index in [1.807, 2.05) is 0 Å². The Kier molecular flexibility index (Phi) is 3.49. The smallest absolute Gasteiger partial charge is 0.185 e. The molecule has 0 unspecified atom stereocenters. The van der Waals surface area contributed by atoms with Gasteiger partial charge in [0.1, 0.15) is 0 Å². The first kappa shape index (κ1) is 9.48. The Bertz CT molecular complexity index is 233. The second kappa shape index (κ2) is 4.42. The van der Waals surface area contributed by atoms with Crippen LogP contribution < -0.4 is 4.90 Å². The molecule has 1 rings (SSSR count). The highest BCUT2D eigenvalue weighted by Crippen LogP contribution is 2.21. The summed E-state index contributed by atoms with van der Waals surface area (Å²) in [7, 11) is 0. The molecule has 0 amide bonds. The van der Waals surface area contributed by atoms with Crippen LogP contribution >= 0.6 is 11.3 Å². The van der Waals surface area contributed by atoms with Crippen LogP contribution in [0.3, 0.4) is 0 Å². The van der Waals surface area contributed by atoms with E-state index < -0.39 is 0 Å². The third-order valence-corrected chi connectivity index (χ3v) is 2.77. The Morgan fingerprint density at radius 3 is 2.58 bits per heavy atom. The minimum Gasteiger partial charge on any atom is -0.391 e. The van der Waals surface area contributed by atoms with Crippen LogP contribution in [0, 0.1) is 0 Å². The zero-order valence-electron chi connectivity index (χ0n) is 7.45. The number of thiazole rings is 1. The molecule has 1 aromatic heterocycles. The van der Waals surface area contributed by atoms with Crippen LogP contribution in [0.1, 0.15) is 18.7 Å². The third-order valence-electron chi connectivity index (χ3n) is 1.73. The minimum atomic E-state index is 0.0962. The summed E-state index contributed by atoms with van der Waals surface area (Å²) in [5, 5.41) is 9.83. The Balaban J connectivity index is 2.72. The van der Waals surface area contributed by atoms with E-state index in [2.05, 4.69) is 23.7 Å². The summed E-state index contributed by atoms with van der Waals surface area (Å²) in [5.74, 6) is 0. The molecule has 3 nitrogen and oxygen atoms in total. The van der Waals surface area contributed by atoms with Gasteiger partial charge in [0.15, 0.2) is 5.13 Å². The number of aliphatic hydroxyl groups excluding tert-OH is 1. The van der Waals surface area contributed by atoms with E-state index in [1.54, 1.807) is 17.5 Å². The zero-order chi connectivity index (χ0) is 8.97. The first-order valence-electron chi connectivity index (χ1n) is 4.12. The number of nitrogens with zero attached hydrogens (tertiary/aromatic N) is 2. The Hall–Kier alpha value is -0.610. The van der Waals surface area contributed by atoms with E-state index >= 15 is 0 Å². The quantitative estimate of drug-likeness (QED) is 0.773. The van der Waals surface area contributed by atoms with Crippen LogP contribution in [0.15, 0.2) is 6.20 Å². The first-order chi connectivity index (χ1) is 5.81. The molecule has 1 heterocycles. The van der Waals surface area contributed by atoms with Crippen LogP contribution in [0.2, 0.25) is 0 Å². The molecule has 0 aliphatic heterocycles. The standard InChI is InChI=1S/C8H14N2OS/c1-3-10(4-2)8-9-5-7(6-11)12-8/h5,11H,3-4,6H2,1-2H3. The Labute approximate surface area is 76.7 Å². The van der Waals surface area contributed by atoms with Crippen molar-refractivity contribution >= 4 is 16.5 Å². The first-order valence-corrected chi connectivity index (χ1v) is 4.94. The van der Waals surface area contributed by atoms with Gasteiger partial charge in [-0.3, -0.25) is 0 Å². The maximum absolute atomic E-state index is 8.83. The predicted octanol–water partition coefficient (Wildman–Crippen LogP) is 1.48. The van der Waals surface area contributed by atoms with Crippen LogP contribution in [0.5, 0.6) is 0 Å². The second-order valence-corrected chi connectivity index (χ2v) is 3.53. The maximum Gasteiger partial charge on any atom is 0.185 e. The maximum atomic E-state index is 8.83. The highest BCUT2D eigenvalue weighted by atomic mass is 32.1. The molecule has 0 saturated heterocycles. The van der Waals surface area contributed by atoms with Crippen LogP contribution in [0.4, 0.5) is 5.13 Å². The molecule has 1 aromatic rings. The Morgan fingerprint density at radius 2 is 2.17 bits per heavy atom. The fourth-order valence-corrected chi connectivity index (χ4v) is 1.91. The number of hydrogen-bond acceptors (Lipinski definition) is 4. The molecule has 0 radical (unpaired) electrons. The number of hydrogen-bond donors (Lipinski definition) is 1. The number of rotatable bonds is 4. The molecule has 12 heavy (non-hydrogen) atoms. The average molecular weight is 186 g/mol. The fraction of sp³-hybridized carbons (Fsp3) is 0.625. The van der Waals surface area contributed by atoms with E-state index in [4.69, 9.17) is 5.11 Å². The van der Waals surface area contributed by atoms with Gasteiger partial charge in [0, 0.05) is 19.3 Å². The minimum absolute atomic E-state index is 0.0962. The van der Waals surface area contributed by atoms with Crippen molar-refractivity contribution in [1.29, 1.82) is 0 Å². The van der Waals surface area contributed by atoms with Gasteiger partial charge < -0.3 is 10.0 Å². The predicted molar refractivity (Wildman–Crippen MR) is 51.6 cm³/mol. The van der Waals surface area contributed by atoms with Gasteiger partial charge in [-0.1, -0.05) is 11.3 Å². The number of anilines is 1. The van der Waals surface area contributed by atoms with E-state index in [-0.39, 0.29) is 6.61 Å². The summed E-state index contributed by atoms with van der Waals surface area (Å²) >= 11 is 1.55. The van der Waals surface area contributed by atoms with Crippen molar-refractivity contribution in [2.75, 3.05) is 18.0 Å². The molecule has 0 bridgehead atoms. The molecule has 0 fully saturated rings. The van der Waals surface area contributed by atoms with E-state index in [9.17, 15) is 0 Å². The lowest BCUT2D eigenvalue weighted by atomic mass is 10.6. The Morgan fingerprint density at radius 1 is 1.50 bits per heavy atom. The summed E-state index contributed by atoms with van der Waals surface area (Å²) in [6, 6.07) is 0. The second-order valence-electron chi connectivity index (χ2n) is 2.44. The van der Waals surface area contributed by atoms with E-state index in [0.29, 0.717) is 0 Å². The van der Waals surface area contributed by atoms with Crippen LogP contribution in [-0.4, -0.2) is 23.2 Å². The summed E-state index contributed by atoms with van der Waals surface area (Å²) < 4.78 is 0. The molecule has 1 N–H and O–H groups in total.